The molecule has 1 saturated heterocycles. The summed E-state index contributed by atoms with van der Waals surface area (Å²) in [7, 11) is 1.77. The summed E-state index contributed by atoms with van der Waals surface area (Å²) in [6.45, 7) is 13.5. The van der Waals surface area contributed by atoms with Crippen molar-refractivity contribution in [2.45, 2.75) is 38.8 Å². The van der Waals surface area contributed by atoms with Crippen molar-refractivity contribution in [2.24, 2.45) is 4.99 Å². The van der Waals surface area contributed by atoms with Crippen LogP contribution in [0.5, 0.6) is 0 Å². The number of nitrogens with zero attached hydrogens (tertiary/aromatic N) is 3. The van der Waals surface area contributed by atoms with Gasteiger partial charge in [-0.05, 0) is 26.7 Å². The van der Waals surface area contributed by atoms with Gasteiger partial charge in [-0.25, -0.2) is 0 Å². The zero-order chi connectivity index (χ0) is 17.9. The molecular formula is C18H38IN5O2. The molecule has 2 rings (SSSR count). The number of aliphatic imine (C=N–C) groups is 1. The van der Waals surface area contributed by atoms with Crippen molar-refractivity contribution in [1.82, 2.24) is 20.4 Å². The highest BCUT2D eigenvalue weighted by atomic mass is 127. The summed E-state index contributed by atoms with van der Waals surface area (Å²) in [6, 6.07) is 1.21. The van der Waals surface area contributed by atoms with Gasteiger partial charge in [-0.3, -0.25) is 14.8 Å². The van der Waals surface area contributed by atoms with Gasteiger partial charge in [0.25, 0.3) is 0 Å². The first kappa shape index (κ1) is 23.9. The number of halogens is 1. The molecule has 0 spiro atoms. The van der Waals surface area contributed by atoms with E-state index in [1.807, 2.05) is 0 Å². The minimum atomic E-state index is 0. The van der Waals surface area contributed by atoms with E-state index >= 15 is 0 Å². The first-order valence-electron chi connectivity index (χ1n) is 9.81. The average Bonchev–Trinajstić information content (AvgIpc) is 3.48. The Labute approximate surface area is 176 Å². The van der Waals surface area contributed by atoms with Crippen LogP contribution in [0.2, 0.25) is 0 Å². The van der Waals surface area contributed by atoms with E-state index in [-0.39, 0.29) is 24.0 Å². The zero-order valence-electron chi connectivity index (χ0n) is 16.7. The molecule has 0 aromatic rings. The number of guanidine groups is 1. The molecule has 1 atom stereocenters. The van der Waals surface area contributed by atoms with Gasteiger partial charge in [0.15, 0.2) is 5.96 Å². The third-order valence-electron chi connectivity index (χ3n) is 4.86. The fourth-order valence-corrected chi connectivity index (χ4v) is 3.14. The van der Waals surface area contributed by atoms with Crippen molar-refractivity contribution in [2.75, 3.05) is 72.7 Å². The lowest BCUT2D eigenvalue weighted by Crippen LogP contribution is -2.45. The number of hydrogen-bond donors (Lipinski definition) is 2. The van der Waals surface area contributed by atoms with Crippen LogP contribution in [0, 0.1) is 0 Å². The molecule has 8 heteroatoms. The maximum Gasteiger partial charge on any atom is 0.191 e. The van der Waals surface area contributed by atoms with Crippen LogP contribution in [0.4, 0.5) is 0 Å². The van der Waals surface area contributed by atoms with Crippen molar-refractivity contribution in [3.05, 3.63) is 0 Å². The molecular weight excluding hydrogens is 445 g/mol. The van der Waals surface area contributed by atoms with E-state index in [1.165, 1.54) is 12.8 Å². The molecule has 0 aromatic carbocycles. The van der Waals surface area contributed by atoms with Crippen LogP contribution in [-0.2, 0) is 9.47 Å². The second-order valence-electron chi connectivity index (χ2n) is 6.90. The van der Waals surface area contributed by atoms with Gasteiger partial charge in [0.05, 0.1) is 26.4 Å². The van der Waals surface area contributed by atoms with E-state index in [2.05, 4.69) is 34.3 Å². The number of nitrogens with one attached hydrogen (secondary N) is 2. The Morgan fingerprint density at radius 2 is 2.00 bits per heavy atom. The second kappa shape index (κ2) is 13.9. The molecule has 0 amide bonds. The van der Waals surface area contributed by atoms with Crippen LogP contribution in [-0.4, -0.2) is 101 Å². The Kier molecular flexibility index (Phi) is 12.8. The van der Waals surface area contributed by atoms with Gasteiger partial charge in [-0.1, -0.05) is 0 Å². The van der Waals surface area contributed by atoms with Gasteiger partial charge in [-0.2, -0.15) is 0 Å². The topological polar surface area (TPSA) is 61.4 Å². The largest absolute Gasteiger partial charge is 0.383 e. The lowest BCUT2D eigenvalue weighted by atomic mass is 10.2. The molecule has 1 saturated carbocycles. The SMILES string of the molecule is CCNC(=NCC(C)N1CCOCC1)NCCN(CCOC)C1CC1.I. The van der Waals surface area contributed by atoms with Gasteiger partial charge in [0.1, 0.15) is 0 Å². The molecule has 1 aliphatic carbocycles. The van der Waals surface area contributed by atoms with Crippen molar-refractivity contribution in [1.29, 1.82) is 0 Å². The lowest BCUT2D eigenvalue weighted by molar-refractivity contribution is 0.0220. The lowest BCUT2D eigenvalue weighted by Gasteiger charge is -2.31. The molecule has 0 radical (unpaired) electrons. The minimum absolute atomic E-state index is 0. The fraction of sp³-hybridized carbons (Fsp3) is 0.944. The molecule has 2 N–H and O–H groups in total. The van der Waals surface area contributed by atoms with E-state index in [4.69, 9.17) is 14.5 Å². The Morgan fingerprint density at radius 3 is 2.62 bits per heavy atom. The maximum atomic E-state index is 5.43. The van der Waals surface area contributed by atoms with Crippen molar-refractivity contribution >= 4 is 29.9 Å². The molecule has 2 aliphatic rings. The quantitative estimate of drug-likeness (QED) is 0.260. The number of ether oxygens (including phenoxy) is 2. The van der Waals surface area contributed by atoms with Gasteiger partial charge in [-0.15, -0.1) is 24.0 Å². The van der Waals surface area contributed by atoms with Crippen molar-refractivity contribution < 1.29 is 9.47 Å². The van der Waals surface area contributed by atoms with E-state index in [9.17, 15) is 0 Å². The highest BCUT2D eigenvalue weighted by Crippen LogP contribution is 2.25. The summed E-state index contributed by atoms with van der Waals surface area (Å²) in [5, 5.41) is 6.84. The molecule has 0 aromatic heterocycles. The Bertz CT molecular complexity index is 390. The number of morpholine rings is 1. The third-order valence-corrected chi connectivity index (χ3v) is 4.86. The molecule has 154 valence electrons. The second-order valence-corrected chi connectivity index (χ2v) is 6.90. The van der Waals surface area contributed by atoms with E-state index < -0.39 is 0 Å². The van der Waals surface area contributed by atoms with Gasteiger partial charge in [0.2, 0.25) is 0 Å². The highest BCUT2D eigenvalue weighted by Gasteiger charge is 2.28. The van der Waals surface area contributed by atoms with Crippen LogP contribution in [0.15, 0.2) is 4.99 Å². The van der Waals surface area contributed by atoms with Crippen molar-refractivity contribution in [3.63, 3.8) is 0 Å². The minimum Gasteiger partial charge on any atom is -0.383 e. The van der Waals surface area contributed by atoms with Crippen LogP contribution in [0.25, 0.3) is 0 Å². The van der Waals surface area contributed by atoms with Crippen LogP contribution < -0.4 is 10.6 Å². The van der Waals surface area contributed by atoms with E-state index in [0.717, 1.165) is 77.6 Å². The monoisotopic (exact) mass is 483 g/mol. The van der Waals surface area contributed by atoms with Crippen LogP contribution in [0.3, 0.4) is 0 Å². The summed E-state index contributed by atoms with van der Waals surface area (Å²) >= 11 is 0. The molecule has 1 heterocycles. The van der Waals surface area contributed by atoms with Gasteiger partial charge >= 0.3 is 0 Å². The van der Waals surface area contributed by atoms with E-state index in [1.54, 1.807) is 7.11 Å². The summed E-state index contributed by atoms with van der Waals surface area (Å²) in [4.78, 5) is 9.76. The molecule has 0 bridgehead atoms. The molecule has 2 fully saturated rings. The fourth-order valence-electron chi connectivity index (χ4n) is 3.14. The van der Waals surface area contributed by atoms with Crippen molar-refractivity contribution in [3.8, 4) is 0 Å². The maximum absolute atomic E-state index is 5.43. The molecule has 26 heavy (non-hydrogen) atoms. The zero-order valence-corrected chi connectivity index (χ0v) is 19.0. The summed E-state index contributed by atoms with van der Waals surface area (Å²) in [6.07, 6.45) is 2.66. The third kappa shape index (κ3) is 9.16. The molecule has 1 unspecified atom stereocenters. The van der Waals surface area contributed by atoms with Crippen LogP contribution in [0.1, 0.15) is 26.7 Å². The van der Waals surface area contributed by atoms with E-state index in [0.29, 0.717) is 6.04 Å². The van der Waals surface area contributed by atoms with Gasteiger partial charge in [0, 0.05) is 58.5 Å². The Hall–Kier alpha value is -0.160. The smallest absolute Gasteiger partial charge is 0.191 e. The van der Waals surface area contributed by atoms with Crippen LogP contribution >= 0.6 is 24.0 Å². The average molecular weight is 483 g/mol. The molecule has 1 aliphatic heterocycles. The summed E-state index contributed by atoms with van der Waals surface area (Å²) in [5.41, 5.74) is 0. The first-order chi connectivity index (χ1) is 12.2. The highest BCUT2D eigenvalue weighted by molar-refractivity contribution is 14.0. The standard InChI is InChI=1S/C18H37N5O2.HI/c1-4-19-18(21-15-16(2)22-10-13-25-14-11-22)20-7-8-23(9-12-24-3)17-5-6-17;/h16-17H,4-15H2,1-3H3,(H2,19,20,21);1H. The predicted molar refractivity (Wildman–Crippen MR) is 118 cm³/mol. The number of methoxy groups -OCH3 is 1. The summed E-state index contributed by atoms with van der Waals surface area (Å²) < 4.78 is 10.7. The number of rotatable bonds is 11. The first-order valence-corrected chi connectivity index (χ1v) is 9.81. The van der Waals surface area contributed by atoms with Gasteiger partial charge < -0.3 is 20.1 Å². The normalized spacial score (nSPS) is 19.9. The number of hydrogen-bond acceptors (Lipinski definition) is 5. The predicted octanol–water partition coefficient (Wildman–Crippen LogP) is 0.991. The Morgan fingerprint density at radius 1 is 1.27 bits per heavy atom. The Balaban J connectivity index is 0.00000338. The summed E-state index contributed by atoms with van der Waals surface area (Å²) in [5.74, 6) is 0.921. The molecule has 7 nitrogen and oxygen atoms in total.